The Morgan fingerprint density at radius 1 is 1.11 bits per heavy atom. The third kappa shape index (κ3) is 4.68. The van der Waals surface area contributed by atoms with Gasteiger partial charge in [0.1, 0.15) is 23.9 Å². The number of nitrogens with one attached hydrogen (secondary N) is 1. The van der Waals surface area contributed by atoms with E-state index in [0.29, 0.717) is 33.0 Å². The average molecular weight is 420 g/mol. The molecular weight excluding hydrogens is 401 g/mol. The number of amides is 1. The lowest BCUT2D eigenvalue weighted by Crippen LogP contribution is -2.20. The number of rotatable bonds is 6. The Hall–Kier alpha value is -2.47. The van der Waals surface area contributed by atoms with E-state index < -0.39 is 0 Å². The smallest absolute Gasteiger partial charge is 0.262 e. The van der Waals surface area contributed by atoms with Crippen LogP contribution in [-0.4, -0.2) is 17.6 Å². The summed E-state index contributed by atoms with van der Waals surface area (Å²) in [5.41, 5.74) is 3.03. The predicted octanol–water partition coefficient (Wildman–Crippen LogP) is 5.38. The molecule has 0 spiro atoms. The number of carbonyl (C=O) groups is 1. The van der Waals surface area contributed by atoms with Gasteiger partial charge < -0.3 is 19.6 Å². The van der Waals surface area contributed by atoms with Gasteiger partial charge in [0.05, 0.1) is 15.7 Å². The number of aliphatic hydroxyl groups is 1. The minimum absolute atomic E-state index is 0.185. The Morgan fingerprint density at radius 3 is 2.57 bits per heavy atom. The quantitative estimate of drug-likeness (QED) is 0.562. The average Bonchev–Trinajstić information content (AvgIpc) is 3.12. The standard InChI is InChI=1S/C21H19Cl2NO4/c1-12-7-13(2)21(17(23)8-12)27-11-20(26)24-18-9-14(3-5-16(18)22)19-6-4-15(10-25)28-19/h3-9,25H,10-11H2,1-2H3,(H,24,26). The second-order valence-electron chi connectivity index (χ2n) is 6.35. The molecule has 0 saturated heterocycles. The molecule has 0 aliphatic heterocycles. The van der Waals surface area contributed by atoms with Gasteiger partial charge >= 0.3 is 0 Å². The van der Waals surface area contributed by atoms with Crippen LogP contribution in [0.3, 0.4) is 0 Å². The molecule has 2 N–H and O–H groups in total. The van der Waals surface area contributed by atoms with Crippen molar-refractivity contribution in [1.29, 1.82) is 0 Å². The molecule has 0 fully saturated rings. The van der Waals surface area contributed by atoms with E-state index in [1.165, 1.54) is 0 Å². The highest BCUT2D eigenvalue weighted by molar-refractivity contribution is 6.34. The summed E-state index contributed by atoms with van der Waals surface area (Å²) in [4.78, 5) is 12.3. The Labute approximate surface area is 172 Å². The highest BCUT2D eigenvalue weighted by atomic mass is 35.5. The van der Waals surface area contributed by atoms with E-state index in [4.69, 9.17) is 37.5 Å². The van der Waals surface area contributed by atoms with Gasteiger partial charge in [-0.25, -0.2) is 0 Å². The number of ether oxygens (including phenoxy) is 1. The van der Waals surface area contributed by atoms with Crippen molar-refractivity contribution in [2.24, 2.45) is 0 Å². The van der Waals surface area contributed by atoms with Crippen LogP contribution < -0.4 is 10.1 Å². The zero-order valence-electron chi connectivity index (χ0n) is 15.4. The van der Waals surface area contributed by atoms with Gasteiger partial charge in [0.2, 0.25) is 0 Å². The van der Waals surface area contributed by atoms with Crippen molar-refractivity contribution in [2.75, 3.05) is 11.9 Å². The zero-order chi connectivity index (χ0) is 20.3. The van der Waals surface area contributed by atoms with E-state index in [9.17, 15) is 4.79 Å². The first-order chi connectivity index (χ1) is 13.4. The Balaban J connectivity index is 1.71. The number of halogens is 2. The SMILES string of the molecule is Cc1cc(C)c(OCC(=O)Nc2cc(-c3ccc(CO)o3)ccc2Cl)c(Cl)c1. The molecule has 0 atom stereocenters. The van der Waals surface area contributed by atoms with Crippen LogP contribution in [-0.2, 0) is 11.4 Å². The first-order valence-electron chi connectivity index (χ1n) is 8.56. The van der Waals surface area contributed by atoms with Crippen molar-refractivity contribution < 1.29 is 19.1 Å². The number of carbonyl (C=O) groups excluding carboxylic acids is 1. The number of hydrogen-bond donors (Lipinski definition) is 2. The summed E-state index contributed by atoms with van der Waals surface area (Å²) < 4.78 is 11.1. The fourth-order valence-corrected chi connectivity index (χ4v) is 3.34. The maximum absolute atomic E-state index is 12.3. The van der Waals surface area contributed by atoms with Crippen molar-refractivity contribution in [2.45, 2.75) is 20.5 Å². The number of benzene rings is 2. The summed E-state index contributed by atoms with van der Waals surface area (Å²) in [6.07, 6.45) is 0. The Kier molecular flexibility index (Phi) is 6.29. The second-order valence-corrected chi connectivity index (χ2v) is 7.16. The van der Waals surface area contributed by atoms with E-state index in [2.05, 4.69) is 5.32 Å². The van der Waals surface area contributed by atoms with Crippen molar-refractivity contribution in [3.63, 3.8) is 0 Å². The van der Waals surface area contributed by atoms with Gasteiger partial charge in [-0.15, -0.1) is 0 Å². The number of aliphatic hydroxyl groups excluding tert-OH is 1. The van der Waals surface area contributed by atoms with Gasteiger partial charge in [-0.05, 0) is 61.4 Å². The fourth-order valence-electron chi connectivity index (χ4n) is 2.80. The highest BCUT2D eigenvalue weighted by Gasteiger charge is 2.13. The maximum Gasteiger partial charge on any atom is 0.262 e. The lowest BCUT2D eigenvalue weighted by Gasteiger charge is -2.13. The van der Waals surface area contributed by atoms with Gasteiger partial charge in [-0.2, -0.15) is 0 Å². The minimum atomic E-state index is -0.370. The molecule has 0 bridgehead atoms. The van der Waals surface area contributed by atoms with Gasteiger partial charge in [0, 0.05) is 5.56 Å². The first-order valence-corrected chi connectivity index (χ1v) is 9.32. The highest BCUT2D eigenvalue weighted by Crippen LogP contribution is 2.31. The molecule has 1 amide bonds. The van der Waals surface area contributed by atoms with Crippen LogP contribution in [0.5, 0.6) is 5.75 Å². The lowest BCUT2D eigenvalue weighted by molar-refractivity contribution is -0.118. The molecule has 1 heterocycles. The van der Waals surface area contributed by atoms with Gasteiger partial charge in [-0.3, -0.25) is 4.79 Å². The van der Waals surface area contributed by atoms with Crippen molar-refractivity contribution in [3.8, 4) is 17.1 Å². The van der Waals surface area contributed by atoms with Crippen LogP contribution in [0.2, 0.25) is 10.0 Å². The van der Waals surface area contributed by atoms with E-state index in [0.717, 1.165) is 16.7 Å². The van der Waals surface area contributed by atoms with Crippen molar-refractivity contribution >= 4 is 34.8 Å². The molecule has 0 saturated carbocycles. The summed E-state index contributed by atoms with van der Waals surface area (Å²) in [7, 11) is 0. The molecule has 2 aromatic carbocycles. The molecule has 5 nitrogen and oxygen atoms in total. The lowest BCUT2D eigenvalue weighted by atomic mass is 10.1. The third-order valence-corrected chi connectivity index (χ3v) is 4.67. The molecular formula is C21H19Cl2NO4. The van der Waals surface area contributed by atoms with E-state index >= 15 is 0 Å². The van der Waals surface area contributed by atoms with Gasteiger partial charge in [-0.1, -0.05) is 29.3 Å². The molecule has 3 aromatic rings. The monoisotopic (exact) mass is 419 g/mol. The molecule has 0 aliphatic carbocycles. The molecule has 146 valence electrons. The summed E-state index contributed by atoms with van der Waals surface area (Å²) in [5, 5.41) is 12.7. The third-order valence-electron chi connectivity index (χ3n) is 4.06. The minimum Gasteiger partial charge on any atom is -0.482 e. The van der Waals surface area contributed by atoms with E-state index in [-0.39, 0.29) is 19.1 Å². The van der Waals surface area contributed by atoms with Crippen LogP contribution in [0.25, 0.3) is 11.3 Å². The molecule has 0 radical (unpaired) electrons. The van der Waals surface area contributed by atoms with Crippen LogP contribution in [0.4, 0.5) is 5.69 Å². The maximum atomic E-state index is 12.3. The van der Waals surface area contributed by atoms with Crippen LogP contribution in [0, 0.1) is 13.8 Å². The van der Waals surface area contributed by atoms with Crippen molar-refractivity contribution in [1.82, 2.24) is 0 Å². The molecule has 28 heavy (non-hydrogen) atoms. The zero-order valence-corrected chi connectivity index (χ0v) is 16.9. The van der Waals surface area contributed by atoms with Crippen LogP contribution >= 0.6 is 23.2 Å². The second kappa shape index (κ2) is 8.69. The Morgan fingerprint density at radius 2 is 1.89 bits per heavy atom. The number of aryl methyl sites for hydroxylation is 2. The summed E-state index contributed by atoms with van der Waals surface area (Å²) in [5.74, 6) is 1.13. The van der Waals surface area contributed by atoms with E-state index in [1.54, 1.807) is 36.4 Å². The van der Waals surface area contributed by atoms with Crippen LogP contribution in [0.1, 0.15) is 16.9 Å². The normalized spacial score (nSPS) is 10.8. The molecule has 0 unspecified atom stereocenters. The predicted molar refractivity (Wildman–Crippen MR) is 110 cm³/mol. The van der Waals surface area contributed by atoms with Crippen molar-refractivity contribution in [3.05, 3.63) is 69.4 Å². The van der Waals surface area contributed by atoms with Crippen LogP contribution in [0.15, 0.2) is 46.9 Å². The number of furan rings is 1. The molecule has 7 heteroatoms. The molecule has 1 aromatic heterocycles. The fraction of sp³-hybridized carbons (Fsp3) is 0.190. The summed E-state index contributed by atoms with van der Waals surface area (Å²) in [6, 6.07) is 12.3. The van der Waals surface area contributed by atoms with Gasteiger partial charge in [0.25, 0.3) is 5.91 Å². The Bertz CT molecular complexity index is 990. The molecule has 3 rings (SSSR count). The summed E-state index contributed by atoms with van der Waals surface area (Å²) in [6.45, 7) is 3.42. The molecule has 0 aliphatic rings. The number of hydrogen-bond acceptors (Lipinski definition) is 4. The largest absolute Gasteiger partial charge is 0.482 e. The van der Waals surface area contributed by atoms with E-state index in [1.807, 2.05) is 19.9 Å². The van der Waals surface area contributed by atoms with Gasteiger partial charge in [0.15, 0.2) is 6.61 Å². The number of anilines is 1. The first kappa shape index (κ1) is 20.3. The topological polar surface area (TPSA) is 71.7 Å². The summed E-state index contributed by atoms with van der Waals surface area (Å²) >= 11 is 12.4.